The van der Waals surface area contributed by atoms with E-state index in [1.165, 1.54) is 6.07 Å². The molecule has 0 saturated carbocycles. The molecule has 1 heterocycles. The Kier molecular flexibility index (Phi) is 4.36. The monoisotopic (exact) mass is 249 g/mol. The van der Waals surface area contributed by atoms with Gasteiger partial charge in [0.2, 0.25) is 0 Å². The maximum Gasteiger partial charge on any atom is 0.125 e. The van der Waals surface area contributed by atoms with Crippen molar-refractivity contribution < 1.29 is 21.2 Å². The zero-order valence-electron chi connectivity index (χ0n) is 8.37. The molecule has 0 aliphatic heterocycles. The zero-order valence-corrected chi connectivity index (χ0v) is 9.41. The van der Waals surface area contributed by atoms with Crippen molar-refractivity contribution in [3.8, 4) is 0 Å². The molecule has 1 aromatic carbocycles. The van der Waals surface area contributed by atoms with Crippen molar-refractivity contribution in [1.29, 1.82) is 0 Å². The first-order chi connectivity index (χ1) is 6.81. The Balaban J connectivity index is 0.00000112. The Bertz CT molecular complexity index is 436. The predicted octanol–water partition coefficient (Wildman–Crippen LogP) is 3.39. The fourth-order valence-corrected chi connectivity index (χ4v) is 1.63. The van der Waals surface area contributed by atoms with Crippen LogP contribution in [0.3, 0.4) is 0 Å². The molecule has 1 radical (unpaired) electrons. The van der Waals surface area contributed by atoms with Gasteiger partial charge >= 0.3 is 0 Å². The topological polar surface area (TPSA) is 4.93 Å². The minimum atomic E-state index is -0.174. The van der Waals surface area contributed by atoms with Crippen molar-refractivity contribution >= 4 is 10.9 Å². The maximum absolute atomic E-state index is 13.0. The molecule has 0 unspecified atom stereocenters. The van der Waals surface area contributed by atoms with E-state index in [2.05, 4.69) is 11.5 Å². The molecule has 15 heavy (non-hydrogen) atoms. The van der Waals surface area contributed by atoms with E-state index in [0.29, 0.717) is 0 Å². The van der Waals surface area contributed by atoms with Crippen LogP contribution in [-0.2, 0) is 23.3 Å². The Morgan fingerprint density at radius 2 is 2.07 bits per heavy atom. The minimum Gasteiger partial charge on any atom is -0.347 e. The van der Waals surface area contributed by atoms with Crippen LogP contribution in [0.1, 0.15) is 12.8 Å². The molecule has 1 nitrogen and oxygen atoms in total. The fraction of sp³-hybridized carbons (Fsp3) is 0.250. The van der Waals surface area contributed by atoms with Gasteiger partial charge in [-0.25, -0.2) is 4.39 Å². The second-order valence-electron chi connectivity index (χ2n) is 3.42. The minimum absolute atomic E-state index is 0. The predicted molar refractivity (Wildman–Crippen MR) is 56.5 cm³/mol. The number of aromatic nitrogens is 1. The summed E-state index contributed by atoms with van der Waals surface area (Å²) in [5, 5.41) is 1.09. The van der Waals surface area contributed by atoms with Crippen LogP contribution in [-0.4, -0.2) is 4.57 Å². The van der Waals surface area contributed by atoms with E-state index in [4.69, 9.17) is 0 Å². The van der Waals surface area contributed by atoms with Gasteiger partial charge in [0.05, 0.1) is 5.52 Å². The maximum atomic E-state index is 13.0. The van der Waals surface area contributed by atoms with Crippen LogP contribution < -0.4 is 0 Å². The first kappa shape index (κ1) is 12.3. The van der Waals surface area contributed by atoms with Gasteiger partial charge in [-0.05, 0) is 29.7 Å². The first-order valence-corrected chi connectivity index (χ1v) is 4.85. The van der Waals surface area contributed by atoms with E-state index in [9.17, 15) is 4.39 Å². The summed E-state index contributed by atoms with van der Waals surface area (Å²) in [6.07, 6.45) is 3.94. The number of benzene rings is 1. The Morgan fingerprint density at radius 3 is 2.80 bits per heavy atom. The van der Waals surface area contributed by atoms with Crippen molar-refractivity contribution in [1.82, 2.24) is 4.57 Å². The number of fused-ring (bicyclic) bond motifs is 1. The van der Waals surface area contributed by atoms with E-state index < -0.39 is 0 Å². The Hall–Kier alpha value is -0.804. The van der Waals surface area contributed by atoms with Gasteiger partial charge in [0.25, 0.3) is 0 Å². The fourth-order valence-electron chi connectivity index (χ4n) is 1.63. The molecule has 0 fully saturated rings. The second kappa shape index (κ2) is 5.33. The van der Waals surface area contributed by atoms with Crippen LogP contribution in [0.15, 0.2) is 30.5 Å². The summed E-state index contributed by atoms with van der Waals surface area (Å²) >= 11 is 0. The summed E-state index contributed by atoms with van der Waals surface area (Å²) < 4.78 is 15.1. The third kappa shape index (κ3) is 2.61. The van der Waals surface area contributed by atoms with Crippen LogP contribution in [0.4, 0.5) is 4.39 Å². The summed E-state index contributed by atoms with van der Waals surface area (Å²) in [6, 6.07) is 6.90. The Labute approximate surface area is 99.5 Å². The van der Waals surface area contributed by atoms with Crippen molar-refractivity contribution in [3.05, 3.63) is 43.2 Å². The molecule has 1 aromatic heterocycles. The van der Waals surface area contributed by atoms with Crippen molar-refractivity contribution in [2.75, 3.05) is 0 Å². The number of hydrogen-bond acceptors (Lipinski definition) is 0. The number of hydrogen-bond donors (Lipinski definition) is 0. The van der Waals surface area contributed by atoms with Crippen LogP contribution >= 0.6 is 0 Å². The Morgan fingerprint density at radius 1 is 1.27 bits per heavy atom. The SMILES string of the molecule is [CH2-]CCCn1ccc2ccc(F)cc21.[Co]. The van der Waals surface area contributed by atoms with Crippen molar-refractivity contribution in [2.24, 2.45) is 0 Å². The van der Waals surface area contributed by atoms with Gasteiger partial charge in [0.15, 0.2) is 0 Å². The zero-order chi connectivity index (χ0) is 9.97. The van der Waals surface area contributed by atoms with Gasteiger partial charge in [-0.3, -0.25) is 0 Å². The number of nitrogens with zero attached hydrogens (tertiary/aromatic N) is 1. The molecule has 0 N–H and O–H groups in total. The van der Waals surface area contributed by atoms with Crippen molar-refractivity contribution in [2.45, 2.75) is 19.4 Å². The molecule has 0 spiro atoms. The summed E-state index contributed by atoms with van der Waals surface area (Å²) in [4.78, 5) is 0. The van der Waals surface area contributed by atoms with Gasteiger partial charge in [-0.15, -0.1) is 0 Å². The van der Waals surface area contributed by atoms with Gasteiger partial charge in [-0.2, -0.15) is 6.42 Å². The quantitative estimate of drug-likeness (QED) is 0.735. The summed E-state index contributed by atoms with van der Waals surface area (Å²) in [7, 11) is 0. The van der Waals surface area contributed by atoms with E-state index in [-0.39, 0.29) is 22.6 Å². The van der Waals surface area contributed by atoms with Crippen molar-refractivity contribution in [3.63, 3.8) is 0 Å². The molecule has 0 atom stereocenters. The molecule has 0 aliphatic rings. The normalized spacial score (nSPS) is 10.3. The third-order valence-corrected chi connectivity index (χ3v) is 2.38. The molecular weight excluding hydrogens is 236 g/mol. The van der Waals surface area contributed by atoms with E-state index in [0.717, 1.165) is 30.3 Å². The number of aryl methyl sites for hydroxylation is 1. The van der Waals surface area contributed by atoms with Crippen LogP contribution in [0.5, 0.6) is 0 Å². The second-order valence-corrected chi connectivity index (χ2v) is 3.42. The summed E-state index contributed by atoms with van der Waals surface area (Å²) in [5.74, 6) is -0.174. The first-order valence-electron chi connectivity index (χ1n) is 4.85. The standard InChI is InChI=1S/C12H13FN.Co/c1-2-3-7-14-8-6-10-4-5-11(13)9-12(10)14;/h4-6,8-9H,1-3,7H2;/q-1;. The summed E-state index contributed by atoms with van der Waals surface area (Å²) in [6.45, 7) is 4.71. The van der Waals surface area contributed by atoms with Gasteiger partial charge < -0.3 is 11.5 Å². The number of halogens is 1. The number of unbranched alkanes of at least 4 members (excludes halogenated alkanes) is 1. The molecule has 0 saturated heterocycles. The molecule has 83 valence electrons. The molecule has 0 aliphatic carbocycles. The average molecular weight is 249 g/mol. The third-order valence-electron chi connectivity index (χ3n) is 2.38. The molecule has 2 rings (SSSR count). The smallest absolute Gasteiger partial charge is 0.125 e. The van der Waals surface area contributed by atoms with Crippen LogP contribution in [0.2, 0.25) is 0 Å². The van der Waals surface area contributed by atoms with Gasteiger partial charge in [-0.1, -0.05) is 6.42 Å². The van der Waals surface area contributed by atoms with Gasteiger partial charge in [0.1, 0.15) is 5.82 Å². The summed E-state index contributed by atoms with van der Waals surface area (Å²) in [5.41, 5.74) is 0.971. The van der Waals surface area contributed by atoms with Crippen LogP contribution in [0.25, 0.3) is 10.9 Å². The molecule has 0 amide bonds. The molecular formula is C12H13CoFN-. The molecule has 3 heteroatoms. The molecule has 0 bridgehead atoms. The van der Waals surface area contributed by atoms with Crippen LogP contribution in [0, 0.1) is 12.7 Å². The van der Waals surface area contributed by atoms with E-state index in [1.807, 2.05) is 18.3 Å². The van der Waals surface area contributed by atoms with E-state index in [1.54, 1.807) is 6.07 Å². The average Bonchev–Trinajstić information content (AvgIpc) is 2.57. The van der Waals surface area contributed by atoms with Gasteiger partial charge in [0, 0.05) is 29.5 Å². The largest absolute Gasteiger partial charge is 0.347 e. The van der Waals surface area contributed by atoms with E-state index >= 15 is 0 Å². The molecule has 2 aromatic rings. The number of rotatable bonds is 3.